The summed E-state index contributed by atoms with van der Waals surface area (Å²) in [6.07, 6.45) is 4.81. The first-order valence-electron chi connectivity index (χ1n) is 11.0. The van der Waals surface area contributed by atoms with Crippen LogP contribution in [-0.4, -0.2) is 19.2 Å². The number of carbonyl (C=O) groups excluding carboxylic acids is 1. The quantitative estimate of drug-likeness (QED) is 0.433. The van der Waals surface area contributed by atoms with Gasteiger partial charge in [0.2, 0.25) is 0 Å². The number of carbonyl (C=O) groups is 1. The van der Waals surface area contributed by atoms with Gasteiger partial charge in [0, 0.05) is 22.3 Å². The maximum absolute atomic E-state index is 13.4. The number of nitrogens with one attached hydrogen (secondary N) is 1. The van der Waals surface area contributed by atoms with Crippen molar-refractivity contribution >= 4 is 34.1 Å². The molecule has 0 aliphatic heterocycles. The molecule has 0 unspecified atom stereocenters. The SMILES string of the molecule is COc1ccccc1C=Nc1sc2c(c1C(=O)Nc1ccccc1)CC[C@@H](C(C)(C)C)C2. The summed E-state index contributed by atoms with van der Waals surface area (Å²) in [4.78, 5) is 19.5. The van der Waals surface area contributed by atoms with Crippen molar-refractivity contribution in [3.8, 4) is 5.75 Å². The molecule has 1 aliphatic carbocycles. The number of para-hydroxylation sites is 2. The molecule has 5 heteroatoms. The van der Waals surface area contributed by atoms with Crippen LogP contribution in [0, 0.1) is 11.3 Å². The van der Waals surface area contributed by atoms with Gasteiger partial charge in [-0.2, -0.15) is 0 Å². The summed E-state index contributed by atoms with van der Waals surface area (Å²) in [6.45, 7) is 6.92. The Morgan fingerprint density at radius 3 is 2.56 bits per heavy atom. The summed E-state index contributed by atoms with van der Waals surface area (Å²) in [5, 5.41) is 3.83. The number of ether oxygens (including phenoxy) is 1. The Morgan fingerprint density at radius 1 is 1.12 bits per heavy atom. The molecule has 1 aliphatic rings. The van der Waals surface area contributed by atoms with Gasteiger partial charge in [0.1, 0.15) is 10.8 Å². The molecule has 1 amide bonds. The molecule has 32 heavy (non-hydrogen) atoms. The van der Waals surface area contributed by atoms with Gasteiger partial charge < -0.3 is 10.1 Å². The highest BCUT2D eigenvalue weighted by atomic mass is 32.1. The lowest BCUT2D eigenvalue weighted by atomic mass is 9.72. The number of aliphatic imine (C=N–C) groups is 1. The maximum atomic E-state index is 13.4. The average molecular weight is 447 g/mol. The number of rotatable bonds is 5. The minimum absolute atomic E-state index is 0.0879. The van der Waals surface area contributed by atoms with Crippen molar-refractivity contribution in [3.63, 3.8) is 0 Å². The monoisotopic (exact) mass is 446 g/mol. The van der Waals surface area contributed by atoms with Gasteiger partial charge in [-0.1, -0.05) is 51.1 Å². The molecule has 1 heterocycles. The molecule has 4 rings (SSSR count). The highest BCUT2D eigenvalue weighted by Crippen LogP contribution is 2.45. The van der Waals surface area contributed by atoms with Crippen LogP contribution >= 0.6 is 11.3 Å². The third kappa shape index (κ3) is 4.78. The number of anilines is 1. The zero-order valence-electron chi connectivity index (χ0n) is 19.1. The van der Waals surface area contributed by atoms with Gasteiger partial charge in [-0.05, 0) is 60.4 Å². The van der Waals surface area contributed by atoms with Crippen LogP contribution in [0.25, 0.3) is 0 Å². The molecule has 0 fully saturated rings. The van der Waals surface area contributed by atoms with Gasteiger partial charge in [-0.15, -0.1) is 11.3 Å². The summed E-state index contributed by atoms with van der Waals surface area (Å²) in [7, 11) is 1.65. The normalized spacial score (nSPS) is 16.1. The molecule has 0 saturated carbocycles. The molecule has 1 N–H and O–H groups in total. The van der Waals surface area contributed by atoms with Crippen LogP contribution in [0.5, 0.6) is 5.75 Å². The predicted octanol–water partition coefficient (Wildman–Crippen LogP) is 6.91. The minimum Gasteiger partial charge on any atom is -0.496 e. The smallest absolute Gasteiger partial charge is 0.259 e. The fourth-order valence-electron chi connectivity index (χ4n) is 4.25. The lowest BCUT2D eigenvalue weighted by molar-refractivity contribution is 0.102. The standard InChI is InChI=1S/C27H30N2O2S/c1-27(2,3)19-14-15-21-23(16-19)32-26(28-17-18-10-8-9-13-22(18)31-4)24(21)25(30)29-20-11-6-5-7-12-20/h5-13,17,19H,14-16H2,1-4H3,(H,29,30)/t19-/m1/s1. The van der Waals surface area contributed by atoms with Gasteiger partial charge in [0.15, 0.2) is 0 Å². The first-order valence-corrected chi connectivity index (χ1v) is 11.9. The number of hydrogen-bond acceptors (Lipinski definition) is 4. The van der Waals surface area contributed by atoms with Gasteiger partial charge in [0.25, 0.3) is 5.91 Å². The molecular formula is C27H30N2O2S. The molecule has 1 atom stereocenters. The number of methoxy groups -OCH3 is 1. The zero-order valence-corrected chi connectivity index (χ0v) is 20.0. The second-order valence-corrected chi connectivity index (χ2v) is 10.4. The van der Waals surface area contributed by atoms with Crippen LogP contribution < -0.4 is 10.1 Å². The van der Waals surface area contributed by atoms with E-state index in [-0.39, 0.29) is 11.3 Å². The van der Waals surface area contributed by atoms with Crippen molar-refractivity contribution in [1.29, 1.82) is 0 Å². The number of amides is 1. The molecule has 166 valence electrons. The average Bonchev–Trinajstić information content (AvgIpc) is 3.15. The van der Waals surface area contributed by atoms with E-state index in [4.69, 9.17) is 9.73 Å². The van der Waals surface area contributed by atoms with Crippen molar-refractivity contribution in [3.05, 3.63) is 76.2 Å². The zero-order chi connectivity index (χ0) is 22.7. The third-order valence-corrected chi connectivity index (χ3v) is 7.35. The number of benzene rings is 2. The lowest BCUT2D eigenvalue weighted by Gasteiger charge is -2.33. The third-order valence-electron chi connectivity index (χ3n) is 6.19. The van der Waals surface area contributed by atoms with Gasteiger partial charge in [-0.25, -0.2) is 4.99 Å². The first-order chi connectivity index (χ1) is 15.4. The summed E-state index contributed by atoms with van der Waals surface area (Å²) >= 11 is 1.65. The van der Waals surface area contributed by atoms with Crippen molar-refractivity contribution in [2.45, 2.75) is 40.0 Å². The van der Waals surface area contributed by atoms with E-state index in [0.717, 1.165) is 46.8 Å². The lowest BCUT2D eigenvalue weighted by Crippen LogP contribution is -2.27. The van der Waals surface area contributed by atoms with Crippen LogP contribution in [0.15, 0.2) is 59.6 Å². The Hall–Kier alpha value is -2.92. The molecule has 3 aromatic rings. The van der Waals surface area contributed by atoms with Crippen molar-refractivity contribution in [1.82, 2.24) is 0 Å². The highest BCUT2D eigenvalue weighted by Gasteiger charge is 2.33. The Labute approximate surface area is 194 Å². The Kier molecular flexibility index (Phi) is 6.47. The summed E-state index contributed by atoms with van der Waals surface area (Å²) in [6, 6.07) is 17.4. The number of thiophene rings is 1. The van der Waals surface area contributed by atoms with E-state index in [1.165, 1.54) is 4.88 Å². The fraction of sp³-hybridized carbons (Fsp3) is 0.333. The van der Waals surface area contributed by atoms with Crippen molar-refractivity contribution in [2.24, 2.45) is 16.3 Å². The van der Waals surface area contributed by atoms with E-state index in [2.05, 4.69) is 26.1 Å². The van der Waals surface area contributed by atoms with Crippen LogP contribution in [0.2, 0.25) is 0 Å². The summed E-state index contributed by atoms with van der Waals surface area (Å²) < 4.78 is 5.46. The minimum atomic E-state index is -0.0879. The van der Waals surface area contributed by atoms with Crippen molar-refractivity contribution < 1.29 is 9.53 Å². The Bertz CT molecular complexity index is 1130. The molecule has 0 spiro atoms. The number of hydrogen-bond donors (Lipinski definition) is 1. The number of fused-ring (bicyclic) bond motifs is 1. The Balaban J connectivity index is 1.72. The van der Waals surface area contributed by atoms with Gasteiger partial charge in [-0.3, -0.25) is 4.79 Å². The van der Waals surface area contributed by atoms with E-state index in [0.29, 0.717) is 11.5 Å². The Morgan fingerprint density at radius 2 is 1.84 bits per heavy atom. The summed E-state index contributed by atoms with van der Waals surface area (Å²) in [5.41, 5.74) is 3.81. The van der Waals surface area contributed by atoms with E-state index in [9.17, 15) is 4.79 Å². The second-order valence-electron chi connectivity index (χ2n) is 9.31. The first kappa shape index (κ1) is 22.3. The van der Waals surface area contributed by atoms with E-state index >= 15 is 0 Å². The largest absolute Gasteiger partial charge is 0.496 e. The molecule has 0 bridgehead atoms. The maximum Gasteiger partial charge on any atom is 0.259 e. The van der Waals surface area contributed by atoms with Crippen molar-refractivity contribution in [2.75, 3.05) is 12.4 Å². The molecule has 0 saturated heterocycles. The van der Waals surface area contributed by atoms with Gasteiger partial charge >= 0.3 is 0 Å². The molecule has 0 radical (unpaired) electrons. The molecule has 1 aromatic heterocycles. The van der Waals surface area contributed by atoms with Crippen LogP contribution in [0.1, 0.15) is 53.6 Å². The highest BCUT2D eigenvalue weighted by molar-refractivity contribution is 7.16. The van der Waals surface area contributed by atoms with E-state index in [1.807, 2.05) is 54.6 Å². The second kappa shape index (κ2) is 9.29. The topological polar surface area (TPSA) is 50.7 Å². The number of nitrogens with zero attached hydrogens (tertiary/aromatic N) is 1. The predicted molar refractivity (Wildman–Crippen MR) is 134 cm³/mol. The van der Waals surface area contributed by atoms with E-state index < -0.39 is 0 Å². The van der Waals surface area contributed by atoms with Crippen LogP contribution in [-0.2, 0) is 12.8 Å². The van der Waals surface area contributed by atoms with Gasteiger partial charge in [0.05, 0.1) is 12.7 Å². The van der Waals surface area contributed by atoms with Crippen LogP contribution in [0.3, 0.4) is 0 Å². The molecule has 4 nitrogen and oxygen atoms in total. The van der Waals surface area contributed by atoms with E-state index in [1.54, 1.807) is 24.7 Å². The van der Waals surface area contributed by atoms with Crippen LogP contribution in [0.4, 0.5) is 10.7 Å². The molecular weight excluding hydrogens is 416 g/mol. The summed E-state index contributed by atoms with van der Waals surface area (Å²) in [5.74, 6) is 1.28. The molecule has 2 aromatic carbocycles. The fourth-order valence-corrected chi connectivity index (χ4v) is 5.52.